The number of ether oxygens (including phenoxy) is 1. The van der Waals surface area contributed by atoms with Crippen molar-refractivity contribution < 1.29 is 4.74 Å². The number of nitrogens with zero attached hydrogens (tertiary/aromatic N) is 1. The summed E-state index contributed by atoms with van der Waals surface area (Å²) in [6, 6.07) is 0. The summed E-state index contributed by atoms with van der Waals surface area (Å²) >= 11 is 0. The molecule has 0 unspecified atom stereocenters. The first kappa shape index (κ1) is 12.4. The highest BCUT2D eigenvalue weighted by Gasteiger charge is 2.03. The smallest absolute Gasteiger partial charge is 0.144 e. The minimum Gasteiger partial charge on any atom is -0.494 e. The molecule has 0 saturated carbocycles. The van der Waals surface area contributed by atoms with Crippen LogP contribution < -0.4 is 0 Å². The highest BCUT2D eigenvalue weighted by Crippen LogP contribution is 2.16. The first-order chi connectivity index (χ1) is 6.67. The van der Waals surface area contributed by atoms with Crippen molar-refractivity contribution in [1.29, 1.82) is 0 Å². The molecular formula is C12H17NO. The molecule has 76 valence electrons. The molecule has 0 saturated heterocycles. The molecule has 0 aromatic carbocycles. The van der Waals surface area contributed by atoms with Gasteiger partial charge in [0.2, 0.25) is 0 Å². The molecule has 2 heteroatoms. The lowest BCUT2D eigenvalue weighted by molar-refractivity contribution is 0.299. The normalized spacial score (nSPS) is 11.2. The average Bonchev–Trinajstić information content (AvgIpc) is 2.16. The van der Waals surface area contributed by atoms with Gasteiger partial charge in [0, 0.05) is 6.21 Å². The van der Waals surface area contributed by atoms with E-state index >= 15 is 0 Å². The van der Waals surface area contributed by atoms with Crippen molar-refractivity contribution in [3.05, 3.63) is 48.4 Å². The highest BCUT2D eigenvalue weighted by atomic mass is 16.5. The summed E-state index contributed by atoms with van der Waals surface area (Å²) in [6.07, 6.45) is 6.72. The fourth-order valence-corrected chi connectivity index (χ4v) is 0.917. The van der Waals surface area contributed by atoms with Crippen molar-refractivity contribution in [2.45, 2.75) is 13.8 Å². The number of hydrogen-bond acceptors (Lipinski definition) is 2. The summed E-state index contributed by atoms with van der Waals surface area (Å²) in [4.78, 5) is 4.23. The predicted octanol–water partition coefficient (Wildman–Crippen LogP) is 3.25. The molecule has 0 amide bonds. The third-order valence-electron chi connectivity index (χ3n) is 1.51. The van der Waals surface area contributed by atoms with E-state index in [1.54, 1.807) is 31.6 Å². The Morgan fingerprint density at radius 2 is 1.86 bits per heavy atom. The van der Waals surface area contributed by atoms with Crippen LogP contribution in [0.5, 0.6) is 0 Å². The molecule has 0 spiro atoms. The Kier molecular flexibility index (Phi) is 6.12. The van der Waals surface area contributed by atoms with E-state index in [0.29, 0.717) is 5.76 Å². The molecule has 0 atom stereocenters. The van der Waals surface area contributed by atoms with Gasteiger partial charge in [-0.05, 0) is 25.5 Å². The zero-order valence-electron chi connectivity index (χ0n) is 9.08. The number of aliphatic imine (C=N–C) groups is 1. The Morgan fingerprint density at radius 3 is 2.21 bits per heavy atom. The molecule has 0 aliphatic rings. The summed E-state index contributed by atoms with van der Waals surface area (Å²) in [7, 11) is 1.61. The standard InChI is InChI=1S/C12H17NO/c1-6-8-11(14-5)12(10(3)4)13-9-7-2/h6-9H,1-2H2,3-5H3/b11-8+,13-9?. The number of methoxy groups -OCH3 is 1. The highest BCUT2D eigenvalue weighted by molar-refractivity contribution is 5.72. The Hall–Kier alpha value is -1.57. The van der Waals surface area contributed by atoms with Crippen LogP contribution in [-0.2, 0) is 4.74 Å². The molecule has 0 radical (unpaired) electrons. The molecule has 0 aromatic heterocycles. The van der Waals surface area contributed by atoms with Gasteiger partial charge in [-0.15, -0.1) is 0 Å². The van der Waals surface area contributed by atoms with Crippen molar-refractivity contribution in [2.24, 2.45) is 4.99 Å². The first-order valence-corrected chi connectivity index (χ1v) is 4.37. The average molecular weight is 191 g/mol. The number of allylic oxidation sites excluding steroid dienone is 4. The quantitative estimate of drug-likeness (QED) is 0.371. The summed E-state index contributed by atoms with van der Waals surface area (Å²) < 4.78 is 5.20. The number of hydrogen-bond donors (Lipinski definition) is 0. The Balaban J connectivity index is 5.10. The molecule has 0 bridgehead atoms. The van der Waals surface area contributed by atoms with E-state index in [4.69, 9.17) is 4.74 Å². The third kappa shape index (κ3) is 3.90. The van der Waals surface area contributed by atoms with Gasteiger partial charge in [-0.2, -0.15) is 0 Å². The van der Waals surface area contributed by atoms with E-state index in [2.05, 4.69) is 18.2 Å². The first-order valence-electron chi connectivity index (χ1n) is 4.37. The van der Waals surface area contributed by atoms with Gasteiger partial charge in [-0.1, -0.05) is 25.3 Å². The maximum atomic E-state index is 5.20. The van der Waals surface area contributed by atoms with Crippen LogP contribution in [0, 0.1) is 0 Å². The zero-order chi connectivity index (χ0) is 11.0. The largest absolute Gasteiger partial charge is 0.494 e. The molecular weight excluding hydrogens is 174 g/mol. The van der Waals surface area contributed by atoms with Gasteiger partial charge < -0.3 is 4.74 Å². The van der Waals surface area contributed by atoms with Crippen LogP contribution in [0.2, 0.25) is 0 Å². The number of rotatable bonds is 5. The molecule has 0 heterocycles. The van der Waals surface area contributed by atoms with E-state index in [1.165, 1.54) is 0 Å². The summed E-state index contributed by atoms with van der Waals surface area (Å²) in [5.41, 5.74) is 1.89. The molecule has 0 aliphatic carbocycles. The van der Waals surface area contributed by atoms with Gasteiger partial charge in [-0.25, -0.2) is 0 Å². The molecule has 0 aromatic rings. The predicted molar refractivity (Wildman–Crippen MR) is 62.4 cm³/mol. The fraction of sp³-hybridized carbons (Fsp3) is 0.250. The Labute approximate surface area is 86.0 Å². The van der Waals surface area contributed by atoms with Crippen molar-refractivity contribution in [2.75, 3.05) is 7.11 Å². The second-order valence-corrected chi connectivity index (χ2v) is 2.83. The van der Waals surface area contributed by atoms with Gasteiger partial charge in [0.05, 0.1) is 7.11 Å². The Bertz CT molecular complexity index is 291. The fourth-order valence-electron chi connectivity index (χ4n) is 0.917. The lowest BCUT2D eigenvalue weighted by atomic mass is 10.2. The lowest BCUT2D eigenvalue weighted by Crippen LogP contribution is -1.92. The SMILES string of the molecule is C=CC=NC(=C(C)C)/C(=C\C=C)OC. The van der Waals surface area contributed by atoms with Gasteiger partial charge in [0.15, 0.2) is 0 Å². The second-order valence-electron chi connectivity index (χ2n) is 2.83. The topological polar surface area (TPSA) is 21.6 Å². The van der Waals surface area contributed by atoms with E-state index in [-0.39, 0.29) is 0 Å². The lowest BCUT2D eigenvalue weighted by Gasteiger charge is -2.07. The van der Waals surface area contributed by atoms with E-state index in [0.717, 1.165) is 11.3 Å². The van der Waals surface area contributed by atoms with Crippen LogP contribution in [0.25, 0.3) is 0 Å². The van der Waals surface area contributed by atoms with Crippen LogP contribution >= 0.6 is 0 Å². The Morgan fingerprint density at radius 1 is 1.21 bits per heavy atom. The summed E-state index contributed by atoms with van der Waals surface area (Å²) in [6.45, 7) is 11.1. The maximum Gasteiger partial charge on any atom is 0.144 e. The van der Waals surface area contributed by atoms with Gasteiger partial charge in [0.1, 0.15) is 11.5 Å². The van der Waals surface area contributed by atoms with Crippen molar-refractivity contribution >= 4 is 6.21 Å². The monoisotopic (exact) mass is 191 g/mol. The van der Waals surface area contributed by atoms with E-state index in [9.17, 15) is 0 Å². The van der Waals surface area contributed by atoms with Crippen molar-refractivity contribution in [3.8, 4) is 0 Å². The molecule has 0 aliphatic heterocycles. The minimum atomic E-state index is 0.707. The summed E-state index contributed by atoms with van der Waals surface area (Å²) in [5.74, 6) is 0.707. The molecule has 2 nitrogen and oxygen atoms in total. The van der Waals surface area contributed by atoms with Crippen LogP contribution in [-0.4, -0.2) is 13.3 Å². The van der Waals surface area contributed by atoms with Crippen LogP contribution in [0.1, 0.15) is 13.8 Å². The van der Waals surface area contributed by atoms with Crippen LogP contribution in [0.4, 0.5) is 0 Å². The second kappa shape index (κ2) is 6.89. The third-order valence-corrected chi connectivity index (χ3v) is 1.51. The van der Waals surface area contributed by atoms with Crippen molar-refractivity contribution in [3.63, 3.8) is 0 Å². The van der Waals surface area contributed by atoms with Gasteiger partial charge in [-0.3, -0.25) is 4.99 Å². The van der Waals surface area contributed by atoms with E-state index in [1.807, 2.05) is 13.8 Å². The van der Waals surface area contributed by atoms with E-state index < -0.39 is 0 Å². The van der Waals surface area contributed by atoms with Crippen LogP contribution in [0.3, 0.4) is 0 Å². The summed E-state index contributed by atoms with van der Waals surface area (Å²) in [5, 5.41) is 0. The molecule has 14 heavy (non-hydrogen) atoms. The molecule has 0 N–H and O–H groups in total. The molecule has 0 fully saturated rings. The van der Waals surface area contributed by atoms with Crippen molar-refractivity contribution in [1.82, 2.24) is 0 Å². The maximum absolute atomic E-state index is 5.20. The minimum absolute atomic E-state index is 0.707. The van der Waals surface area contributed by atoms with Crippen LogP contribution in [0.15, 0.2) is 53.4 Å². The zero-order valence-corrected chi connectivity index (χ0v) is 9.08. The van der Waals surface area contributed by atoms with Gasteiger partial charge >= 0.3 is 0 Å². The van der Waals surface area contributed by atoms with Gasteiger partial charge in [0.25, 0.3) is 0 Å². The molecule has 0 rings (SSSR count).